The van der Waals surface area contributed by atoms with Crippen LogP contribution in [0.15, 0.2) is 23.2 Å². The summed E-state index contributed by atoms with van der Waals surface area (Å²) in [5, 5.41) is 0. The first kappa shape index (κ1) is 10.5. The van der Waals surface area contributed by atoms with Crippen molar-refractivity contribution in [1.29, 1.82) is 0 Å². The molecule has 11 heavy (non-hydrogen) atoms. The zero-order valence-corrected chi connectivity index (χ0v) is 13.1. The fraction of sp³-hybridized carbons (Fsp3) is 0.286. The van der Waals surface area contributed by atoms with Crippen molar-refractivity contribution in [2.75, 3.05) is 0 Å². The van der Waals surface area contributed by atoms with Gasteiger partial charge < -0.3 is 0 Å². The molecule has 0 aromatic carbocycles. The summed E-state index contributed by atoms with van der Waals surface area (Å²) in [6, 6.07) is 0. The van der Waals surface area contributed by atoms with Crippen LogP contribution in [0.1, 0.15) is 0 Å². The maximum absolute atomic E-state index is 2.73. The third-order valence-electron chi connectivity index (χ3n) is 1.19. The van der Waals surface area contributed by atoms with Gasteiger partial charge in [-0.05, 0) is 0 Å². The van der Waals surface area contributed by atoms with E-state index < -0.39 is 13.5 Å². The second kappa shape index (κ2) is 5.97. The van der Waals surface area contributed by atoms with E-state index in [9.17, 15) is 0 Å². The normalized spacial score (nSPS) is 22.7. The van der Waals surface area contributed by atoms with E-state index in [1.54, 1.807) is 3.32 Å². The molecule has 1 heterocycles. The second-order valence-corrected chi connectivity index (χ2v) is 14.7. The topological polar surface area (TPSA) is 0 Å². The van der Waals surface area contributed by atoms with Gasteiger partial charge in [0.2, 0.25) is 0 Å². The van der Waals surface area contributed by atoms with Crippen LogP contribution in [0.3, 0.4) is 0 Å². The predicted octanol–water partition coefficient (Wildman–Crippen LogP) is -0.303. The predicted molar refractivity (Wildman–Crippen MR) is 58.7 cm³/mol. The van der Waals surface area contributed by atoms with E-state index in [1.807, 2.05) is 0 Å². The van der Waals surface area contributed by atoms with E-state index in [0.717, 1.165) is 15.0 Å². The molecule has 1 atom stereocenters. The number of allylic oxidation sites excluding steroid dienone is 3. The molecule has 0 saturated carbocycles. The first-order valence-corrected chi connectivity index (χ1v) is 10.9. The molecular formula is C7H10Se4. The van der Waals surface area contributed by atoms with Crippen molar-refractivity contribution in [1.82, 2.24) is 0 Å². The Labute approximate surface area is 94.5 Å². The van der Waals surface area contributed by atoms with E-state index in [0.29, 0.717) is 0 Å². The monoisotopic (exact) mass is 414 g/mol. The minimum absolute atomic E-state index is 0.468. The minimum atomic E-state index is -0.468. The van der Waals surface area contributed by atoms with Crippen molar-refractivity contribution < 1.29 is 0 Å². The summed E-state index contributed by atoms with van der Waals surface area (Å²) >= 11 is 5.71. The molecule has 62 valence electrons. The van der Waals surface area contributed by atoms with E-state index >= 15 is 0 Å². The van der Waals surface area contributed by atoms with Crippen LogP contribution in [0.25, 0.3) is 0 Å². The fourth-order valence-corrected chi connectivity index (χ4v) is 15.5. The van der Waals surface area contributed by atoms with Gasteiger partial charge in [-0.15, -0.1) is 0 Å². The summed E-state index contributed by atoms with van der Waals surface area (Å²) in [6.45, 7) is 0. The fourth-order valence-electron chi connectivity index (χ4n) is 0.723. The van der Waals surface area contributed by atoms with Crippen molar-refractivity contribution in [2.45, 2.75) is 8.44 Å². The summed E-state index contributed by atoms with van der Waals surface area (Å²) in [4.78, 5) is 2.43. The van der Waals surface area contributed by atoms with Crippen molar-refractivity contribution in [3.63, 3.8) is 0 Å². The Hall–Kier alpha value is 1.43. The average molecular weight is 410 g/mol. The standard InChI is InChI=1S/C7H10Se4/c8-5-10-7-3-1-2-4-11(7)6-9/h1-4,8-9H,5-6H2. The molecule has 0 radical (unpaired) electrons. The summed E-state index contributed by atoms with van der Waals surface area (Å²) in [6.07, 6.45) is 6.73. The number of hydrogen-bond acceptors (Lipinski definition) is 0. The number of hydrogen-bond donors (Lipinski definition) is 0. The van der Waals surface area contributed by atoms with Gasteiger partial charge in [0, 0.05) is 0 Å². The van der Waals surface area contributed by atoms with E-state index in [-0.39, 0.29) is 0 Å². The van der Waals surface area contributed by atoms with Gasteiger partial charge in [-0.25, -0.2) is 0 Å². The molecule has 0 aromatic heterocycles. The van der Waals surface area contributed by atoms with Crippen molar-refractivity contribution in [3.8, 4) is 0 Å². The van der Waals surface area contributed by atoms with Crippen LogP contribution < -0.4 is 0 Å². The Bertz CT molecular complexity index is 214. The molecule has 0 N–H and O–H groups in total. The van der Waals surface area contributed by atoms with Gasteiger partial charge in [-0.2, -0.15) is 0 Å². The van der Waals surface area contributed by atoms with Crippen molar-refractivity contribution in [3.05, 3.63) is 23.2 Å². The van der Waals surface area contributed by atoms with Crippen LogP contribution >= 0.6 is 0 Å². The van der Waals surface area contributed by atoms with Crippen LogP contribution in [-0.2, 0) is 0 Å². The Morgan fingerprint density at radius 3 is 2.82 bits per heavy atom. The molecule has 1 aliphatic heterocycles. The Kier molecular flexibility index (Phi) is 5.70. The van der Waals surface area contributed by atoms with Crippen LogP contribution in [0.2, 0.25) is 8.44 Å². The quantitative estimate of drug-likeness (QED) is 0.561. The molecule has 0 spiro atoms. The average Bonchev–Trinajstić information content (AvgIpc) is 2.06. The summed E-state index contributed by atoms with van der Waals surface area (Å²) < 4.78 is 4.37. The molecule has 0 aromatic rings. The van der Waals surface area contributed by atoms with Gasteiger partial charge in [0.05, 0.1) is 0 Å². The Balaban J connectivity index is 2.76. The molecule has 0 nitrogen and oxygen atoms in total. The molecule has 0 saturated heterocycles. The van der Waals surface area contributed by atoms with Gasteiger partial charge in [-0.3, -0.25) is 0 Å². The van der Waals surface area contributed by atoms with Crippen LogP contribution in [0.4, 0.5) is 0 Å². The van der Waals surface area contributed by atoms with Crippen LogP contribution in [0.5, 0.6) is 0 Å². The first-order chi connectivity index (χ1) is 5.38. The Morgan fingerprint density at radius 2 is 2.18 bits per heavy atom. The van der Waals surface area contributed by atoms with Gasteiger partial charge in [-0.1, -0.05) is 0 Å². The van der Waals surface area contributed by atoms with Crippen molar-refractivity contribution in [2.24, 2.45) is 0 Å². The molecule has 0 fully saturated rings. The van der Waals surface area contributed by atoms with Gasteiger partial charge in [0.25, 0.3) is 0 Å². The Morgan fingerprint density at radius 1 is 1.36 bits per heavy atom. The molecule has 1 aliphatic rings. The summed E-state index contributed by atoms with van der Waals surface area (Å²) in [7, 11) is 0. The molecule has 0 bridgehead atoms. The first-order valence-electron chi connectivity index (χ1n) is 3.14. The molecule has 1 rings (SSSR count). The van der Waals surface area contributed by atoms with Gasteiger partial charge >= 0.3 is 95.4 Å². The van der Waals surface area contributed by atoms with E-state index in [4.69, 9.17) is 0 Å². The van der Waals surface area contributed by atoms with E-state index in [1.165, 1.54) is 8.44 Å². The molecule has 4 heteroatoms. The van der Waals surface area contributed by atoms with Crippen molar-refractivity contribution >= 4 is 63.8 Å². The zero-order chi connectivity index (χ0) is 8.10. The zero-order valence-electron chi connectivity index (χ0n) is 5.93. The maximum atomic E-state index is 2.73. The summed E-state index contributed by atoms with van der Waals surface area (Å²) in [5.41, 5.74) is 0. The number of rotatable bonds is 3. The molecule has 0 amide bonds. The third kappa shape index (κ3) is 3.34. The van der Waals surface area contributed by atoms with Gasteiger partial charge in [0.15, 0.2) is 0 Å². The molecule has 1 unspecified atom stereocenters. The summed E-state index contributed by atoms with van der Waals surface area (Å²) in [5.74, 6) is 0. The molecule has 0 aliphatic carbocycles. The van der Waals surface area contributed by atoms with E-state index in [2.05, 4.69) is 55.2 Å². The SMILES string of the molecule is [SeH]C[Se]C1=[Se](C[SeH])C=CC=C1. The second-order valence-electron chi connectivity index (χ2n) is 1.84. The molecular weight excluding hydrogens is 400 g/mol. The third-order valence-corrected chi connectivity index (χ3v) is 13.4. The van der Waals surface area contributed by atoms with Crippen LogP contribution in [0, 0.1) is 0 Å². The van der Waals surface area contributed by atoms with Crippen LogP contribution in [-0.4, -0.2) is 63.8 Å². The van der Waals surface area contributed by atoms with Gasteiger partial charge in [0.1, 0.15) is 0 Å².